The summed E-state index contributed by atoms with van der Waals surface area (Å²) >= 11 is 5.95. The van der Waals surface area contributed by atoms with Gasteiger partial charge in [-0.05, 0) is 24.4 Å². The minimum absolute atomic E-state index is 0.229. The Morgan fingerprint density at radius 3 is 1.37 bits per heavy atom. The molecule has 2 fully saturated rings. The second-order valence-corrected chi connectivity index (χ2v) is 8.64. The van der Waals surface area contributed by atoms with Crippen molar-refractivity contribution in [3.05, 3.63) is 29.0 Å². The first-order valence-electron chi connectivity index (χ1n) is 11.0. The normalized spacial score (nSPS) is 20.3. The van der Waals surface area contributed by atoms with Crippen molar-refractivity contribution in [1.29, 1.82) is 0 Å². The van der Waals surface area contributed by atoms with Gasteiger partial charge >= 0.3 is 0 Å². The molecule has 4 rings (SSSR count). The molecule has 0 atom stereocenters. The topological polar surface area (TPSA) is 63.3 Å². The fraction of sp³-hybridized carbons (Fsp3) is 0.667. The van der Waals surface area contributed by atoms with Gasteiger partial charge in [-0.2, -0.15) is 0 Å². The van der Waals surface area contributed by atoms with Gasteiger partial charge in [0.25, 0.3) is 0 Å². The number of hydrogen-bond acceptors (Lipinski definition) is 7. The third-order valence-electron chi connectivity index (χ3n) is 6.37. The molecule has 8 nitrogen and oxygen atoms in total. The molecule has 3 heterocycles. The summed E-state index contributed by atoms with van der Waals surface area (Å²) in [7, 11) is 0. The van der Waals surface area contributed by atoms with Crippen molar-refractivity contribution >= 4 is 23.3 Å². The van der Waals surface area contributed by atoms with E-state index in [0.717, 1.165) is 83.6 Å². The van der Waals surface area contributed by atoms with Gasteiger partial charge in [-0.25, -0.2) is 0 Å². The second-order valence-electron chi connectivity index (χ2n) is 8.28. The van der Waals surface area contributed by atoms with Crippen molar-refractivity contribution in [2.24, 2.45) is 0 Å². The van der Waals surface area contributed by atoms with Gasteiger partial charge in [0.1, 0.15) is 0 Å². The molecule has 2 saturated heterocycles. The molecule has 2 aromatic rings. The Bertz CT molecular complexity index is 800. The third-order valence-corrected chi connectivity index (χ3v) is 6.81. The van der Waals surface area contributed by atoms with Crippen LogP contribution in [0.5, 0.6) is 0 Å². The lowest BCUT2D eigenvalue weighted by molar-refractivity contribution is 0.0894. The van der Waals surface area contributed by atoms with Crippen LogP contribution < -0.4 is 0 Å². The van der Waals surface area contributed by atoms with Gasteiger partial charge in [0.05, 0.1) is 37.6 Å². The van der Waals surface area contributed by atoms with Crippen molar-refractivity contribution in [1.82, 2.24) is 28.7 Å². The highest BCUT2D eigenvalue weighted by Gasteiger charge is 2.21. The SMILES string of the molecule is OCCN1CCN(Cn2c(=S)n(CN3CCN(CCO)CC3)c3ccccc32)CC1. The van der Waals surface area contributed by atoms with E-state index in [1.54, 1.807) is 0 Å². The van der Waals surface area contributed by atoms with Crippen molar-refractivity contribution < 1.29 is 10.2 Å². The van der Waals surface area contributed by atoms with Crippen LogP contribution in [-0.4, -0.2) is 118 Å². The highest BCUT2D eigenvalue weighted by molar-refractivity contribution is 7.71. The van der Waals surface area contributed by atoms with Gasteiger partial charge < -0.3 is 19.3 Å². The van der Waals surface area contributed by atoms with Gasteiger partial charge in [-0.1, -0.05) is 12.1 Å². The summed E-state index contributed by atoms with van der Waals surface area (Å²) < 4.78 is 5.43. The molecule has 30 heavy (non-hydrogen) atoms. The maximum atomic E-state index is 9.16. The van der Waals surface area contributed by atoms with E-state index in [4.69, 9.17) is 22.4 Å². The lowest BCUT2D eigenvalue weighted by Gasteiger charge is -2.34. The van der Waals surface area contributed by atoms with E-state index in [9.17, 15) is 0 Å². The number of nitrogens with zero attached hydrogens (tertiary/aromatic N) is 6. The first-order valence-corrected chi connectivity index (χ1v) is 11.4. The summed E-state index contributed by atoms with van der Waals surface area (Å²) in [4.78, 5) is 9.53. The maximum Gasteiger partial charge on any atom is 0.183 e. The van der Waals surface area contributed by atoms with Gasteiger partial charge in [-0.3, -0.25) is 19.6 Å². The molecule has 2 aliphatic rings. The average molecular weight is 435 g/mol. The maximum absolute atomic E-state index is 9.16. The third kappa shape index (κ3) is 4.94. The van der Waals surface area contributed by atoms with Crippen LogP contribution in [0.1, 0.15) is 0 Å². The first kappa shape index (κ1) is 21.9. The van der Waals surface area contributed by atoms with E-state index in [2.05, 4.69) is 53.0 Å². The number of aromatic nitrogens is 2. The molecule has 0 aliphatic carbocycles. The highest BCUT2D eigenvalue weighted by atomic mass is 32.1. The fourth-order valence-electron chi connectivity index (χ4n) is 4.54. The van der Waals surface area contributed by atoms with Crippen molar-refractivity contribution in [3.8, 4) is 0 Å². The Morgan fingerprint density at radius 1 is 0.633 bits per heavy atom. The standard InChI is InChI=1S/C21H34N6O2S/c28-15-13-22-5-9-24(10-6-22)17-26-19-3-1-2-4-20(19)27(21(26)30)18-25-11-7-23(8-12-25)14-16-29/h1-4,28-29H,5-18H2. The summed E-state index contributed by atoms with van der Waals surface area (Å²) in [5, 5.41) is 18.3. The number of aliphatic hydroxyl groups is 2. The largest absolute Gasteiger partial charge is 0.395 e. The smallest absolute Gasteiger partial charge is 0.183 e. The van der Waals surface area contributed by atoms with E-state index < -0.39 is 0 Å². The van der Waals surface area contributed by atoms with Gasteiger partial charge in [-0.15, -0.1) is 0 Å². The molecule has 1 aromatic heterocycles. The molecule has 9 heteroatoms. The fourth-order valence-corrected chi connectivity index (χ4v) is 4.85. The molecule has 166 valence electrons. The Morgan fingerprint density at radius 2 is 1.00 bits per heavy atom. The molecule has 2 N–H and O–H groups in total. The molecule has 0 bridgehead atoms. The van der Waals surface area contributed by atoms with Crippen LogP contribution >= 0.6 is 12.2 Å². The zero-order chi connectivity index (χ0) is 20.9. The highest BCUT2D eigenvalue weighted by Crippen LogP contribution is 2.20. The Labute approximate surface area is 183 Å². The second kappa shape index (κ2) is 10.3. The lowest BCUT2D eigenvalue weighted by Crippen LogP contribution is -2.47. The Hall–Kier alpha value is -1.33. The number of para-hydroxylation sites is 2. The summed E-state index contributed by atoms with van der Waals surface area (Å²) in [6.07, 6.45) is 0. The number of β-amino-alcohol motifs (C(OH)–C–C–N with tert-alkyl or cyclic N) is 2. The van der Waals surface area contributed by atoms with Crippen LogP contribution in [0.4, 0.5) is 0 Å². The van der Waals surface area contributed by atoms with Gasteiger partial charge in [0.2, 0.25) is 0 Å². The molecule has 0 radical (unpaired) electrons. The number of hydrogen-bond donors (Lipinski definition) is 2. The van der Waals surface area contributed by atoms with Crippen molar-refractivity contribution in [2.75, 3.05) is 78.7 Å². The molecule has 2 aliphatic heterocycles. The first-order chi connectivity index (χ1) is 14.7. The number of aliphatic hydroxyl groups excluding tert-OH is 2. The van der Waals surface area contributed by atoms with Gasteiger partial charge in [0.15, 0.2) is 4.77 Å². The van der Waals surface area contributed by atoms with Gasteiger partial charge in [0, 0.05) is 65.4 Å². The van der Waals surface area contributed by atoms with E-state index >= 15 is 0 Å². The average Bonchev–Trinajstić information content (AvgIpc) is 3.03. The molecule has 0 amide bonds. The summed E-state index contributed by atoms with van der Waals surface area (Å²) in [5.41, 5.74) is 2.39. The molecular formula is C21H34N6O2S. The zero-order valence-corrected chi connectivity index (χ0v) is 18.5. The molecular weight excluding hydrogens is 400 g/mol. The quantitative estimate of drug-likeness (QED) is 0.580. The van der Waals surface area contributed by atoms with Crippen LogP contribution in [0.15, 0.2) is 24.3 Å². The number of fused-ring (bicyclic) bond motifs is 1. The van der Waals surface area contributed by atoms with Crippen molar-refractivity contribution in [2.45, 2.75) is 13.3 Å². The van der Waals surface area contributed by atoms with Crippen LogP contribution in [0.25, 0.3) is 11.0 Å². The molecule has 0 unspecified atom stereocenters. The van der Waals surface area contributed by atoms with Crippen LogP contribution in [0, 0.1) is 4.77 Å². The molecule has 0 spiro atoms. The van der Waals surface area contributed by atoms with E-state index in [0.29, 0.717) is 0 Å². The predicted octanol–water partition coefficient (Wildman–Crippen LogP) is 0.307. The minimum Gasteiger partial charge on any atom is -0.395 e. The molecule has 0 saturated carbocycles. The number of imidazole rings is 1. The van der Waals surface area contributed by atoms with Crippen LogP contribution in [0.3, 0.4) is 0 Å². The van der Waals surface area contributed by atoms with Crippen molar-refractivity contribution in [3.63, 3.8) is 0 Å². The minimum atomic E-state index is 0.229. The summed E-state index contributed by atoms with van der Waals surface area (Å²) in [6, 6.07) is 8.52. The number of benzene rings is 1. The summed E-state index contributed by atoms with van der Waals surface area (Å²) in [6.45, 7) is 11.5. The summed E-state index contributed by atoms with van der Waals surface area (Å²) in [5.74, 6) is 0. The Balaban J connectivity index is 1.47. The van der Waals surface area contributed by atoms with Crippen LogP contribution in [-0.2, 0) is 13.3 Å². The predicted molar refractivity (Wildman–Crippen MR) is 121 cm³/mol. The number of piperazine rings is 2. The van der Waals surface area contributed by atoms with Crippen LogP contribution in [0.2, 0.25) is 0 Å². The monoisotopic (exact) mass is 434 g/mol. The Kier molecular flexibility index (Phi) is 7.53. The van der Waals surface area contributed by atoms with E-state index in [1.807, 2.05) is 0 Å². The molecule has 1 aromatic carbocycles. The van der Waals surface area contributed by atoms with E-state index in [-0.39, 0.29) is 13.2 Å². The lowest BCUT2D eigenvalue weighted by atomic mass is 10.3. The zero-order valence-electron chi connectivity index (χ0n) is 17.7. The van der Waals surface area contributed by atoms with E-state index in [1.165, 1.54) is 11.0 Å². The number of rotatable bonds is 8.